The second-order valence-corrected chi connectivity index (χ2v) is 4.80. The first kappa shape index (κ1) is 10.0. The first-order chi connectivity index (χ1) is 7.82. The summed E-state index contributed by atoms with van der Waals surface area (Å²) in [5.41, 5.74) is 0.0680. The highest BCUT2D eigenvalue weighted by Crippen LogP contribution is 2.40. The Labute approximate surface area is 94.3 Å². The molecule has 0 unspecified atom stereocenters. The molecular weight excluding hydrogens is 204 g/mol. The molecule has 0 saturated heterocycles. The van der Waals surface area contributed by atoms with E-state index in [2.05, 4.69) is 4.98 Å². The van der Waals surface area contributed by atoms with Gasteiger partial charge < -0.3 is 4.74 Å². The number of aromatic nitrogens is 2. The molecular formula is C12H16N2O2. The Morgan fingerprint density at radius 1 is 1.38 bits per heavy atom. The number of nitrogens with zero attached hydrogens (tertiary/aromatic N) is 2. The van der Waals surface area contributed by atoms with E-state index in [1.807, 2.05) is 0 Å². The molecule has 0 bridgehead atoms. The van der Waals surface area contributed by atoms with Crippen LogP contribution in [0.3, 0.4) is 0 Å². The monoisotopic (exact) mass is 220 g/mol. The van der Waals surface area contributed by atoms with Crippen LogP contribution in [0.25, 0.3) is 0 Å². The molecule has 3 rings (SSSR count). The molecule has 1 fully saturated rings. The Morgan fingerprint density at radius 2 is 2.19 bits per heavy atom. The van der Waals surface area contributed by atoms with Gasteiger partial charge in [-0.2, -0.15) is 0 Å². The molecule has 1 aliphatic heterocycles. The first-order valence-electron chi connectivity index (χ1n) is 5.96. The minimum atomic E-state index is 0.0108. The number of ether oxygens (including phenoxy) is 1. The third-order valence-electron chi connectivity index (χ3n) is 3.81. The van der Waals surface area contributed by atoms with Gasteiger partial charge in [-0.1, -0.05) is 12.8 Å². The predicted molar refractivity (Wildman–Crippen MR) is 59.5 cm³/mol. The second kappa shape index (κ2) is 3.70. The Hall–Kier alpha value is -1.16. The Balaban J connectivity index is 2.17. The minimum absolute atomic E-state index is 0.0108. The van der Waals surface area contributed by atoms with Crippen LogP contribution >= 0.6 is 0 Å². The molecule has 4 heteroatoms. The average Bonchev–Trinajstić information content (AvgIpc) is 2.67. The van der Waals surface area contributed by atoms with Gasteiger partial charge in [-0.15, -0.1) is 0 Å². The summed E-state index contributed by atoms with van der Waals surface area (Å²) in [6.45, 7) is 1.99. The molecule has 0 N–H and O–H groups in total. The topological polar surface area (TPSA) is 44.1 Å². The summed E-state index contributed by atoms with van der Waals surface area (Å²) in [6, 6.07) is 1.54. The van der Waals surface area contributed by atoms with E-state index < -0.39 is 0 Å². The maximum absolute atomic E-state index is 11.8. The maximum Gasteiger partial charge on any atom is 0.253 e. The normalized spacial score (nSPS) is 23.0. The van der Waals surface area contributed by atoms with Gasteiger partial charge in [0.05, 0.1) is 25.2 Å². The van der Waals surface area contributed by atoms with Gasteiger partial charge in [-0.05, 0) is 12.8 Å². The van der Waals surface area contributed by atoms with Crippen molar-refractivity contribution in [3.8, 4) is 0 Å². The van der Waals surface area contributed by atoms with Gasteiger partial charge in [-0.3, -0.25) is 9.36 Å². The van der Waals surface area contributed by atoms with Crippen LogP contribution < -0.4 is 5.56 Å². The summed E-state index contributed by atoms with van der Waals surface area (Å²) in [5.74, 6) is 0.954. The zero-order valence-corrected chi connectivity index (χ0v) is 9.32. The summed E-state index contributed by atoms with van der Waals surface area (Å²) in [7, 11) is 0. The molecule has 1 saturated carbocycles. The van der Waals surface area contributed by atoms with Gasteiger partial charge in [0, 0.05) is 12.3 Å². The van der Waals surface area contributed by atoms with Crippen LogP contribution in [0.15, 0.2) is 17.1 Å². The molecule has 1 aliphatic carbocycles. The lowest BCUT2D eigenvalue weighted by molar-refractivity contribution is 0.0921. The second-order valence-electron chi connectivity index (χ2n) is 4.80. The van der Waals surface area contributed by atoms with Crippen LogP contribution in [0.2, 0.25) is 0 Å². The average molecular weight is 220 g/mol. The number of rotatable bonds is 0. The van der Waals surface area contributed by atoms with Crippen LogP contribution in [0.1, 0.15) is 31.5 Å². The lowest BCUT2D eigenvalue weighted by Gasteiger charge is -2.27. The van der Waals surface area contributed by atoms with Gasteiger partial charge in [0.15, 0.2) is 0 Å². The highest BCUT2D eigenvalue weighted by atomic mass is 16.5. The molecule has 0 aromatic carbocycles. The third-order valence-corrected chi connectivity index (χ3v) is 3.81. The summed E-state index contributed by atoms with van der Waals surface area (Å²) >= 11 is 0. The van der Waals surface area contributed by atoms with Crippen LogP contribution in [0.4, 0.5) is 0 Å². The fraction of sp³-hybridized carbons (Fsp3) is 0.667. The van der Waals surface area contributed by atoms with Crippen molar-refractivity contribution in [2.24, 2.45) is 0 Å². The van der Waals surface area contributed by atoms with E-state index in [0.29, 0.717) is 13.2 Å². The molecule has 0 atom stereocenters. The van der Waals surface area contributed by atoms with Crippen LogP contribution in [-0.4, -0.2) is 22.8 Å². The zero-order chi connectivity index (χ0) is 11.0. The molecule has 1 aromatic heterocycles. The summed E-state index contributed by atoms with van der Waals surface area (Å²) < 4.78 is 7.47. The minimum Gasteiger partial charge on any atom is -0.379 e. The predicted octanol–water partition coefficient (Wildman–Crippen LogP) is 1.09. The van der Waals surface area contributed by atoms with E-state index in [9.17, 15) is 4.79 Å². The molecule has 1 aromatic rings. The Bertz CT molecular complexity index is 447. The summed E-state index contributed by atoms with van der Waals surface area (Å²) in [6.07, 6.45) is 6.27. The van der Waals surface area contributed by atoms with E-state index in [4.69, 9.17) is 4.74 Å². The summed E-state index contributed by atoms with van der Waals surface area (Å²) in [5, 5.41) is 0. The molecule has 2 aliphatic rings. The lowest BCUT2D eigenvalue weighted by Crippen LogP contribution is -2.35. The van der Waals surface area contributed by atoms with Gasteiger partial charge >= 0.3 is 0 Å². The van der Waals surface area contributed by atoms with Crippen molar-refractivity contribution in [3.05, 3.63) is 28.4 Å². The van der Waals surface area contributed by atoms with Crippen molar-refractivity contribution in [2.75, 3.05) is 13.2 Å². The van der Waals surface area contributed by atoms with E-state index in [-0.39, 0.29) is 11.0 Å². The molecule has 2 heterocycles. The van der Waals surface area contributed by atoms with Gasteiger partial charge in [0.1, 0.15) is 5.82 Å². The smallest absolute Gasteiger partial charge is 0.253 e. The standard InChI is InChI=1S/C12H16N2O2/c15-10-3-6-13-11-12(4-1-2-5-12)9-16-8-7-14(10)11/h3,6H,1-2,4-5,7-9H2. The van der Waals surface area contributed by atoms with Gasteiger partial charge in [0.25, 0.3) is 5.56 Å². The summed E-state index contributed by atoms with van der Waals surface area (Å²) in [4.78, 5) is 16.3. The number of hydrogen-bond donors (Lipinski definition) is 0. The highest BCUT2D eigenvalue weighted by molar-refractivity contribution is 5.13. The van der Waals surface area contributed by atoms with Crippen molar-refractivity contribution in [1.29, 1.82) is 0 Å². The fourth-order valence-electron chi connectivity index (χ4n) is 2.98. The molecule has 86 valence electrons. The van der Waals surface area contributed by atoms with Gasteiger partial charge in [0.2, 0.25) is 0 Å². The third kappa shape index (κ3) is 1.40. The fourth-order valence-corrected chi connectivity index (χ4v) is 2.98. The lowest BCUT2D eigenvalue weighted by atomic mass is 9.86. The quantitative estimate of drug-likeness (QED) is 0.657. The van der Waals surface area contributed by atoms with Crippen molar-refractivity contribution in [3.63, 3.8) is 0 Å². The van der Waals surface area contributed by atoms with Crippen molar-refractivity contribution in [2.45, 2.75) is 37.6 Å². The molecule has 16 heavy (non-hydrogen) atoms. The van der Waals surface area contributed by atoms with Crippen LogP contribution in [0, 0.1) is 0 Å². The zero-order valence-electron chi connectivity index (χ0n) is 9.32. The molecule has 0 amide bonds. The highest BCUT2D eigenvalue weighted by Gasteiger charge is 2.40. The number of hydrogen-bond acceptors (Lipinski definition) is 3. The molecule has 4 nitrogen and oxygen atoms in total. The van der Waals surface area contributed by atoms with E-state index in [1.165, 1.54) is 18.9 Å². The van der Waals surface area contributed by atoms with E-state index in [0.717, 1.165) is 25.3 Å². The number of fused-ring (bicyclic) bond motifs is 2. The Kier molecular flexibility index (Phi) is 2.32. The molecule has 1 spiro atoms. The van der Waals surface area contributed by atoms with Crippen LogP contribution in [0.5, 0.6) is 0 Å². The van der Waals surface area contributed by atoms with Crippen molar-refractivity contribution < 1.29 is 4.74 Å². The maximum atomic E-state index is 11.8. The SMILES string of the molecule is O=c1ccnc2n1CCOCC21CCCC1. The van der Waals surface area contributed by atoms with Crippen molar-refractivity contribution in [1.82, 2.24) is 9.55 Å². The Morgan fingerprint density at radius 3 is 3.00 bits per heavy atom. The van der Waals surface area contributed by atoms with E-state index in [1.54, 1.807) is 10.8 Å². The molecule has 0 radical (unpaired) electrons. The van der Waals surface area contributed by atoms with Gasteiger partial charge in [-0.25, -0.2) is 4.98 Å². The van der Waals surface area contributed by atoms with Crippen molar-refractivity contribution >= 4 is 0 Å². The largest absolute Gasteiger partial charge is 0.379 e. The first-order valence-corrected chi connectivity index (χ1v) is 5.96. The van der Waals surface area contributed by atoms with Crippen LogP contribution in [-0.2, 0) is 16.7 Å². The van der Waals surface area contributed by atoms with E-state index >= 15 is 0 Å².